The average molecular weight is 184 g/mol. The minimum absolute atomic E-state index is 0.668. The van der Waals surface area contributed by atoms with Crippen molar-refractivity contribution in [3.63, 3.8) is 0 Å². The second kappa shape index (κ2) is 4.40. The van der Waals surface area contributed by atoms with Gasteiger partial charge in [0.15, 0.2) is 0 Å². The predicted molar refractivity (Wildman–Crippen MR) is 52.6 cm³/mol. The molecule has 2 rings (SSSR count). The van der Waals surface area contributed by atoms with Gasteiger partial charge in [0.2, 0.25) is 0 Å². The van der Waals surface area contributed by atoms with Crippen molar-refractivity contribution in [2.45, 2.75) is 25.3 Å². The standard InChI is InChI=1S/C10H20N2O/c11-6-10-3-4-12(10)7-9-2-1-5-13-8-9/h9-10H,1-8,11H2. The molecule has 0 aliphatic carbocycles. The molecule has 2 aliphatic heterocycles. The summed E-state index contributed by atoms with van der Waals surface area (Å²) in [6.45, 7) is 5.22. The molecule has 0 aromatic rings. The Kier molecular flexibility index (Phi) is 3.19. The topological polar surface area (TPSA) is 38.5 Å². The smallest absolute Gasteiger partial charge is 0.0506 e. The molecule has 0 amide bonds. The van der Waals surface area contributed by atoms with E-state index >= 15 is 0 Å². The highest BCUT2D eigenvalue weighted by atomic mass is 16.5. The first-order valence-corrected chi connectivity index (χ1v) is 5.42. The van der Waals surface area contributed by atoms with Crippen LogP contribution in [0.2, 0.25) is 0 Å². The Balaban J connectivity index is 1.70. The van der Waals surface area contributed by atoms with Gasteiger partial charge in [0.1, 0.15) is 0 Å². The van der Waals surface area contributed by atoms with Gasteiger partial charge in [-0.15, -0.1) is 0 Å². The zero-order valence-corrected chi connectivity index (χ0v) is 8.24. The Morgan fingerprint density at radius 3 is 2.85 bits per heavy atom. The molecule has 2 atom stereocenters. The van der Waals surface area contributed by atoms with Crippen LogP contribution in [0.1, 0.15) is 19.3 Å². The number of likely N-dealkylation sites (tertiary alicyclic amines) is 1. The summed E-state index contributed by atoms with van der Waals surface area (Å²) in [4.78, 5) is 2.51. The van der Waals surface area contributed by atoms with Crippen molar-refractivity contribution in [3.05, 3.63) is 0 Å². The lowest BCUT2D eigenvalue weighted by atomic mass is 9.96. The number of hydrogen-bond acceptors (Lipinski definition) is 3. The lowest BCUT2D eigenvalue weighted by Gasteiger charge is -2.42. The van der Waals surface area contributed by atoms with E-state index in [2.05, 4.69) is 4.90 Å². The summed E-state index contributed by atoms with van der Waals surface area (Å²) in [5.74, 6) is 0.767. The molecule has 0 radical (unpaired) electrons. The van der Waals surface area contributed by atoms with E-state index < -0.39 is 0 Å². The fourth-order valence-electron chi connectivity index (χ4n) is 2.28. The molecule has 0 spiro atoms. The number of hydrogen-bond donors (Lipinski definition) is 1. The van der Waals surface area contributed by atoms with Crippen molar-refractivity contribution in [3.8, 4) is 0 Å². The summed E-state index contributed by atoms with van der Waals surface area (Å²) < 4.78 is 5.46. The van der Waals surface area contributed by atoms with Crippen molar-refractivity contribution in [1.29, 1.82) is 0 Å². The molecular formula is C10H20N2O. The van der Waals surface area contributed by atoms with Crippen LogP contribution in [0.4, 0.5) is 0 Å². The first-order valence-electron chi connectivity index (χ1n) is 5.42. The van der Waals surface area contributed by atoms with Gasteiger partial charge in [-0.25, -0.2) is 0 Å². The first-order chi connectivity index (χ1) is 6.40. The highest BCUT2D eigenvalue weighted by Crippen LogP contribution is 2.21. The SMILES string of the molecule is NCC1CCN1CC1CCCOC1. The van der Waals surface area contributed by atoms with Crippen LogP contribution in [0.3, 0.4) is 0 Å². The third kappa shape index (κ3) is 2.22. The summed E-state index contributed by atoms with van der Waals surface area (Å²) in [7, 11) is 0. The van der Waals surface area contributed by atoms with E-state index in [1.165, 1.54) is 32.4 Å². The molecule has 2 fully saturated rings. The van der Waals surface area contributed by atoms with E-state index in [4.69, 9.17) is 10.5 Å². The summed E-state index contributed by atoms with van der Waals surface area (Å²) >= 11 is 0. The van der Waals surface area contributed by atoms with Gasteiger partial charge in [-0.1, -0.05) is 0 Å². The largest absolute Gasteiger partial charge is 0.381 e. The maximum atomic E-state index is 5.66. The third-order valence-electron chi connectivity index (χ3n) is 3.29. The van der Waals surface area contributed by atoms with Gasteiger partial charge in [0.05, 0.1) is 6.61 Å². The fourth-order valence-corrected chi connectivity index (χ4v) is 2.28. The molecule has 3 heteroatoms. The van der Waals surface area contributed by atoms with Crippen LogP contribution in [-0.4, -0.2) is 43.8 Å². The van der Waals surface area contributed by atoms with E-state index in [1.807, 2.05) is 0 Å². The maximum Gasteiger partial charge on any atom is 0.0506 e. The summed E-state index contributed by atoms with van der Waals surface area (Å²) in [5.41, 5.74) is 5.66. The molecule has 2 unspecified atom stereocenters. The van der Waals surface area contributed by atoms with E-state index in [-0.39, 0.29) is 0 Å². The van der Waals surface area contributed by atoms with Gasteiger partial charge < -0.3 is 10.5 Å². The van der Waals surface area contributed by atoms with Crippen LogP contribution >= 0.6 is 0 Å². The van der Waals surface area contributed by atoms with E-state index in [9.17, 15) is 0 Å². The van der Waals surface area contributed by atoms with E-state index in [1.54, 1.807) is 0 Å². The van der Waals surface area contributed by atoms with Gasteiger partial charge in [-0.3, -0.25) is 4.90 Å². The highest BCUT2D eigenvalue weighted by Gasteiger charge is 2.29. The van der Waals surface area contributed by atoms with Gasteiger partial charge in [0, 0.05) is 32.3 Å². The average Bonchev–Trinajstić information content (AvgIpc) is 2.15. The van der Waals surface area contributed by atoms with Gasteiger partial charge >= 0.3 is 0 Å². The second-order valence-corrected chi connectivity index (χ2v) is 4.26. The Bertz CT molecular complexity index is 155. The van der Waals surface area contributed by atoms with Crippen molar-refractivity contribution in [2.75, 3.05) is 32.8 Å². The van der Waals surface area contributed by atoms with Crippen molar-refractivity contribution < 1.29 is 4.74 Å². The Labute approximate surface area is 80.2 Å². The second-order valence-electron chi connectivity index (χ2n) is 4.26. The van der Waals surface area contributed by atoms with Crippen LogP contribution in [0, 0.1) is 5.92 Å². The molecule has 2 aliphatic rings. The lowest BCUT2D eigenvalue weighted by molar-refractivity contribution is 0.00894. The minimum atomic E-state index is 0.668. The zero-order valence-electron chi connectivity index (χ0n) is 8.24. The minimum Gasteiger partial charge on any atom is -0.381 e. The quantitative estimate of drug-likeness (QED) is 0.692. The molecule has 2 heterocycles. The molecule has 76 valence electrons. The fraction of sp³-hybridized carbons (Fsp3) is 1.00. The zero-order chi connectivity index (χ0) is 9.10. The van der Waals surface area contributed by atoms with Crippen LogP contribution in [0.15, 0.2) is 0 Å². The number of nitrogens with two attached hydrogens (primary N) is 1. The normalized spacial score (nSPS) is 35.8. The van der Waals surface area contributed by atoms with Crippen LogP contribution in [-0.2, 0) is 4.74 Å². The predicted octanol–water partition coefficient (Wildman–Crippen LogP) is 0.446. The molecule has 2 N–H and O–H groups in total. The molecule has 3 nitrogen and oxygen atoms in total. The summed E-state index contributed by atoms with van der Waals surface area (Å²) in [6.07, 6.45) is 3.88. The van der Waals surface area contributed by atoms with Gasteiger partial charge in [0.25, 0.3) is 0 Å². The molecule has 0 bridgehead atoms. The number of nitrogens with zero attached hydrogens (tertiary/aromatic N) is 1. The van der Waals surface area contributed by atoms with Crippen molar-refractivity contribution >= 4 is 0 Å². The van der Waals surface area contributed by atoms with Gasteiger partial charge in [-0.2, -0.15) is 0 Å². The van der Waals surface area contributed by atoms with Crippen LogP contribution in [0.5, 0.6) is 0 Å². The Morgan fingerprint density at radius 1 is 1.38 bits per heavy atom. The van der Waals surface area contributed by atoms with Crippen LogP contribution < -0.4 is 5.73 Å². The first kappa shape index (κ1) is 9.44. The van der Waals surface area contributed by atoms with Crippen molar-refractivity contribution in [1.82, 2.24) is 4.90 Å². The van der Waals surface area contributed by atoms with Crippen molar-refractivity contribution in [2.24, 2.45) is 11.7 Å². The summed E-state index contributed by atoms with van der Waals surface area (Å²) in [5, 5.41) is 0. The third-order valence-corrected chi connectivity index (χ3v) is 3.29. The number of rotatable bonds is 3. The summed E-state index contributed by atoms with van der Waals surface area (Å²) in [6, 6.07) is 0.668. The van der Waals surface area contributed by atoms with E-state index in [0.29, 0.717) is 6.04 Å². The molecule has 2 saturated heterocycles. The molecule has 0 aromatic heterocycles. The highest BCUT2D eigenvalue weighted by molar-refractivity contribution is 4.85. The molecule has 0 saturated carbocycles. The molecular weight excluding hydrogens is 164 g/mol. The monoisotopic (exact) mass is 184 g/mol. The van der Waals surface area contributed by atoms with Gasteiger partial charge in [-0.05, 0) is 25.2 Å². The Morgan fingerprint density at radius 2 is 2.31 bits per heavy atom. The van der Waals surface area contributed by atoms with E-state index in [0.717, 1.165) is 25.7 Å². The maximum absolute atomic E-state index is 5.66. The molecule has 0 aromatic carbocycles. The Hall–Kier alpha value is -0.120. The number of ether oxygens (including phenoxy) is 1. The molecule has 13 heavy (non-hydrogen) atoms. The van der Waals surface area contributed by atoms with Crippen LogP contribution in [0.25, 0.3) is 0 Å². The lowest BCUT2D eigenvalue weighted by Crippen LogP contribution is -2.53.